The lowest BCUT2D eigenvalue weighted by atomic mass is 10.1. The average Bonchev–Trinajstić information content (AvgIpc) is 3.36. The number of nitrogen functional groups attached to an aromatic ring is 1. The summed E-state index contributed by atoms with van der Waals surface area (Å²) in [6, 6.07) is 5.77. The number of halogens is 1. The minimum absolute atomic E-state index is 0.0330. The van der Waals surface area contributed by atoms with Gasteiger partial charge in [-0.3, -0.25) is 9.69 Å². The standard InChI is InChI=1S/C18H22FN9O2/c1-4-27(5-2)10-14-15(28(26-22-14)17-16(20)24-30-25-17)18(29)23-21-11(3)12-6-8-13(19)9-7-12/h6-9H,4-5,10H2,1-3H3,(H2,20,24)(H,23,29)/b21-11+. The molecule has 0 atom stereocenters. The van der Waals surface area contributed by atoms with Gasteiger partial charge in [0.2, 0.25) is 11.6 Å². The van der Waals surface area contributed by atoms with Gasteiger partial charge in [0.15, 0.2) is 5.69 Å². The summed E-state index contributed by atoms with van der Waals surface area (Å²) in [5.41, 5.74) is 9.94. The summed E-state index contributed by atoms with van der Waals surface area (Å²) in [4.78, 5) is 15.1. The van der Waals surface area contributed by atoms with Crippen molar-refractivity contribution < 1.29 is 13.8 Å². The van der Waals surface area contributed by atoms with Gasteiger partial charge in [-0.25, -0.2) is 14.4 Å². The zero-order valence-electron chi connectivity index (χ0n) is 16.8. The van der Waals surface area contributed by atoms with Crippen LogP contribution in [0.3, 0.4) is 0 Å². The number of hydrogen-bond acceptors (Lipinski definition) is 9. The van der Waals surface area contributed by atoms with Crippen LogP contribution in [0.4, 0.5) is 10.2 Å². The normalized spacial score (nSPS) is 11.8. The molecule has 158 valence electrons. The van der Waals surface area contributed by atoms with Crippen molar-refractivity contribution in [3.63, 3.8) is 0 Å². The fourth-order valence-electron chi connectivity index (χ4n) is 2.74. The molecule has 3 aromatic rings. The minimum atomic E-state index is -0.564. The molecule has 30 heavy (non-hydrogen) atoms. The molecule has 11 nitrogen and oxygen atoms in total. The number of anilines is 1. The molecule has 12 heteroatoms. The van der Waals surface area contributed by atoms with E-state index >= 15 is 0 Å². The van der Waals surface area contributed by atoms with E-state index in [0.29, 0.717) is 23.5 Å². The van der Waals surface area contributed by atoms with Crippen molar-refractivity contribution in [2.45, 2.75) is 27.3 Å². The van der Waals surface area contributed by atoms with Gasteiger partial charge in [-0.15, -0.1) is 5.10 Å². The molecular weight excluding hydrogens is 393 g/mol. The van der Waals surface area contributed by atoms with Gasteiger partial charge in [-0.2, -0.15) is 9.78 Å². The van der Waals surface area contributed by atoms with E-state index in [1.165, 1.54) is 16.8 Å². The maximum Gasteiger partial charge on any atom is 0.292 e. The van der Waals surface area contributed by atoms with Gasteiger partial charge in [0.1, 0.15) is 11.5 Å². The molecule has 2 heterocycles. The van der Waals surface area contributed by atoms with Crippen LogP contribution in [0, 0.1) is 5.82 Å². The number of carbonyl (C=O) groups is 1. The van der Waals surface area contributed by atoms with Crippen LogP contribution in [-0.2, 0) is 6.54 Å². The molecule has 0 aliphatic carbocycles. The highest BCUT2D eigenvalue weighted by molar-refractivity contribution is 6.00. The lowest BCUT2D eigenvalue weighted by Crippen LogP contribution is -2.27. The van der Waals surface area contributed by atoms with E-state index in [9.17, 15) is 9.18 Å². The molecule has 0 saturated carbocycles. The van der Waals surface area contributed by atoms with Gasteiger partial charge in [-0.05, 0) is 48.0 Å². The third-order valence-electron chi connectivity index (χ3n) is 4.51. The molecule has 0 fully saturated rings. The average molecular weight is 415 g/mol. The maximum atomic E-state index is 13.1. The number of hydrazone groups is 1. The van der Waals surface area contributed by atoms with Gasteiger partial charge in [0.25, 0.3) is 5.91 Å². The fourth-order valence-corrected chi connectivity index (χ4v) is 2.74. The van der Waals surface area contributed by atoms with E-state index in [1.807, 2.05) is 13.8 Å². The predicted molar refractivity (Wildman–Crippen MR) is 106 cm³/mol. The van der Waals surface area contributed by atoms with Crippen molar-refractivity contribution >= 4 is 17.4 Å². The highest BCUT2D eigenvalue weighted by Crippen LogP contribution is 2.17. The van der Waals surface area contributed by atoms with E-state index in [1.54, 1.807) is 19.1 Å². The first kappa shape index (κ1) is 21.0. The molecule has 0 radical (unpaired) electrons. The number of hydrogen-bond donors (Lipinski definition) is 2. The number of benzene rings is 1. The van der Waals surface area contributed by atoms with Crippen LogP contribution in [0.5, 0.6) is 0 Å². The van der Waals surface area contributed by atoms with Crippen molar-refractivity contribution in [2.75, 3.05) is 18.8 Å². The monoisotopic (exact) mass is 415 g/mol. The smallest absolute Gasteiger partial charge is 0.292 e. The number of amides is 1. The molecule has 0 unspecified atom stereocenters. The molecule has 0 bridgehead atoms. The third kappa shape index (κ3) is 4.49. The van der Waals surface area contributed by atoms with Crippen molar-refractivity contribution in [1.82, 2.24) is 35.6 Å². The van der Waals surface area contributed by atoms with Gasteiger partial charge < -0.3 is 5.73 Å². The van der Waals surface area contributed by atoms with Crippen molar-refractivity contribution in [1.29, 1.82) is 0 Å². The second-order valence-electron chi connectivity index (χ2n) is 6.38. The molecule has 2 aromatic heterocycles. The maximum absolute atomic E-state index is 13.1. The summed E-state index contributed by atoms with van der Waals surface area (Å²) < 4.78 is 18.9. The quantitative estimate of drug-likeness (QED) is 0.415. The van der Waals surface area contributed by atoms with Gasteiger partial charge in [-0.1, -0.05) is 31.2 Å². The topological polar surface area (TPSA) is 140 Å². The van der Waals surface area contributed by atoms with Crippen LogP contribution >= 0.6 is 0 Å². The number of nitrogens with two attached hydrogens (primary N) is 1. The molecule has 0 spiro atoms. The second kappa shape index (κ2) is 9.22. The number of nitrogens with one attached hydrogen (secondary N) is 1. The first-order valence-electron chi connectivity index (χ1n) is 9.30. The van der Waals surface area contributed by atoms with Crippen LogP contribution < -0.4 is 11.2 Å². The third-order valence-corrected chi connectivity index (χ3v) is 4.51. The zero-order chi connectivity index (χ0) is 21.7. The Balaban J connectivity index is 1.92. The first-order chi connectivity index (χ1) is 14.4. The Labute approximate surface area is 171 Å². The Morgan fingerprint density at radius 2 is 1.97 bits per heavy atom. The molecule has 1 aromatic carbocycles. The predicted octanol–water partition coefficient (Wildman–Crippen LogP) is 1.37. The Bertz CT molecular complexity index is 1040. The summed E-state index contributed by atoms with van der Waals surface area (Å²) in [5.74, 6) is -0.900. The van der Waals surface area contributed by atoms with E-state index in [4.69, 9.17) is 5.73 Å². The van der Waals surface area contributed by atoms with Gasteiger partial charge >= 0.3 is 0 Å². The number of nitrogens with zero attached hydrogens (tertiary/aromatic N) is 7. The van der Waals surface area contributed by atoms with Crippen molar-refractivity contribution in [2.24, 2.45) is 5.10 Å². The highest BCUT2D eigenvalue weighted by Gasteiger charge is 2.25. The van der Waals surface area contributed by atoms with Crippen LogP contribution in [0.1, 0.15) is 42.5 Å². The summed E-state index contributed by atoms with van der Waals surface area (Å²) in [5, 5.41) is 19.4. The van der Waals surface area contributed by atoms with Gasteiger partial charge in [0.05, 0.1) is 5.71 Å². The molecule has 3 N–H and O–H groups in total. The molecule has 1 amide bonds. The molecule has 0 aliphatic heterocycles. The van der Waals surface area contributed by atoms with Crippen LogP contribution in [0.25, 0.3) is 5.82 Å². The Morgan fingerprint density at radius 3 is 2.57 bits per heavy atom. The summed E-state index contributed by atoms with van der Waals surface area (Å²) in [6.45, 7) is 7.62. The fraction of sp³-hybridized carbons (Fsp3) is 0.333. The Hall–Kier alpha value is -3.67. The zero-order valence-corrected chi connectivity index (χ0v) is 16.8. The van der Waals surface area contributed by atoms with Gasteiger partial charge in [0, 0.05) is 6.54 Å². The summed E-state index contributed by atoms with van der Waals surface area (Å²) in [7, 11) is 0. The van der Waals surface area contributed by atoms with E-state index in [2.05, 4.69) is 40.7 Å². The molecule has 0 saturated heterocycles. The Morgan fingerprint density at radius 1 is 1.27 bits per heavy atom. The van der Waals surface area contributed by atoms with E-state index in [0.717, 1.165) is 13.1 Å². The van der Waals surface area contributed by atoms with Crippen LogP contribution in [-0.4, -0.2) is 54.9 Å². The number of carbonyl (C=O) groups excluding carboxylic acids is 1. The van der Waals surface area contributed by atoms with Crippen molar-refractivity contribution in [3.05, 3.63) is 47.0 Å². The van der Waals surface area contributed by atoms with E-state index < -0.39 is 5.91 Å². The Kier molecular flexibility index (Phi) is 6.47. The minimum Gasteiger partial charge on any atom is -0.378 e. The number of aromatic nitrogens is 5. The van der Waals surface area contributed by atoms with Crippen molar-refractivity contribution in [3.8, 4) is 5.82 Å². The molecule has 3 rings (SSSR count). The number of rotatable bonds is 8. The molecular formula is C18H22FN9O2. The van der Waals surface area contributed by atoms with Crippen LogP contribution in [0.15, 0.2) is 34.0 Å². The first-order valence-corrected chi connectivity index (χ1v) is 9.30. The van der Waals surface area contributed by atoms with E-state index in [-0.39, 0.29) is 23.1 Å². The summed E-state index contributed by atoms with van der Waals surface area (Å²) >= 11 is 0. The highest BCUT2D eigenvalue weighted by atomic mass is 19.1. The SMILES string of the molecule is CCN(CC)Cc1nnn(-c2nonc2N)c1C(=O)N/N=C(\C)c1ccc(F)cc1. The lowest BCUT2D eigenvalue weighted by molar-refractivity contribution is 0.0944. The van der Waals surface area contributed by atoms with Crippen LogP contribution in [0.2, 0.25) is 0 Å². The molecule has 0 aliphatic rings. The lowest BCUT2D eigenvalue weighted by Gasteiger charge is -2.16. The second-order valence-corrected chi connectivity index (χ2v) is 6.38. The summed E-state index contributed by atoms with van der Waals surface area (Å²) in [6.07, 6.45) is 0. The largest absolute Gasteiger partial charge is 0.378 e.